The fraction of sp³-hybridized carbons (Fsp3) is 0.500. The number of carbonyl (C=O) groups excluding carboxylic acids is 2. The van der Waals surface area contributed by atoms with Crippen LogP contribution in [-0.2, 0) is 19.1 Å². The normalized spacial score (nSPS) is 29.0. The van der Waals surface area contributed by atoms with Gasteiger partial charge in [0.2, 0.25) is 0 Å². The maximum absolute atomic E-state index is 12.8. The zero-order valence-corrected chi connectivity index (χ0v) is 12.8. The summed E-state index contributed by atoms with van der Waals surface area (Å²) in [5.74, 6) is -1.51. The summed E-state index contributed by atoms with van der Waals surface area (Å²) in [6, 6.07) is 3.54. The van der Waals surface area contributed by atoms with Crippen molar-refractivity contribution in [2.45, 2.75) is 38.2 Å². The lowest BCUT2D eigenvalue weighted by Crippen LogP contribution is -2.45. The van der Waals surface area contributed by atoms with Crippen molar-refractivity contribution >= 4 is 23.4 Å². The van der Waals surface area contributed by atoms with Crippen LogP contribution in [0.4, 0.5) is 0 Å². The second kappa shape index (κ2) is 5.11. The molecule has 21 heavy (non-hydrogen) atoms. The van der Waals surface area contributed by atoms with Crippen LogP contribution in [0.25, 0.3) is 0 Å². The monoisotopic (exact) mass is 308 g/mol. The summed E-state index contributed by atoms with van der Waals surface area (Å²) in [6.45, 7) is 4.49. The molecule has 112 valence electrons. The highest BCUT2D eigenvalue weighted by Crippen LogP contribution is 2.41. The molecule has 4 nitrogen and oxygen atoms in total. The number of Topliss-reactive ketones (excluding diaryl/α,β-unsaturated/α-hetero) is 1. The topological polar surface area (TPSA) is 52.6 Å². The smallest absolute Gasteiger partial charge is 0.322 e. The predicted octanol–water partition coefficient (Wildman–Crippen LogP) is 2.72. The number of ketones is 1. The number of benzene rings is 1. The fourth-order valence-corrected chi connectivity index (χ4v) is 3.67. The number of aryl methyl sites for hydroxylation is 2. The standard InChI is InChI=1S/C16H17ClO4/c1-9-6-11(17)7-10(2)12(9)13-14(18)16(21-15(13)19)4-3-5-20-8-16/h6-7,13H,3-5,8H2,1-2H3. The number of hydrogen-bond acceptors (Lipinski definition) is 4. The molecule has 2 aliphatic heterocycles. The van der Waals surface area contributed by atoms with Crippen LogP contribution in [0, 0.1) is 13.8 Å². The molecule has 0 aliphatic carbocycles. The Hall–Kier alpha value is -1.39. The molecule has 0 N–H and O–H groups in total. The van der Waals surface area contributed by atoms with Crippen LogP contribution in [0.5, 0.6) is 0 Å². The summed E-state index contributed by atoms with van der Waals surface area (Å²) >= 11 is 6.02. The molecule has 1 spiro atoms. The average molecular weight is 309 g/mol. The minimum Gasteiger partial charge on any atom is -0.448 e. The van der Waals surface area contributed by atoms with Crippen molar-refractivity contribution in [1.82, 2.24) is 0 Å². The largest absolute Gasteiger partial charge is 0.448 e. The maximum atomic E-state index is 12.8. The number of halogens is 1. The van der Waals surface area contributed by atoms with Crippen LogP contribution < -0.4 is 0 Å². The molecule has 2 fully saturated rings. The third-order valence-electron chi connectivity index (χ3n) is 4.29. The molecule has 3 rings (SSSR count). The molecule has 2 aliphatic rings. The summed E-state index contributed by atoms with van der Waals surface area (Å²) in [6.07, 6.45) is 1.27. The third kappa shape index (κ3) is 2.27. The molecule has 2 unspecified atom stereocenters. The van der Waals surface area contributed by atoms with E-state index in [2.05, 4.69) is 0 Å². The van der Waals surface area contributed by atoms with E-state index < -0.39 is 17.5 Å². The highest BCUT2D eigenvalue weighted by molar-refractivity contribution is 6.30. The quantitative estimate of drug-likeness (QED) is 0.591. The van der Waals surface area contributed by atoms with Crippen LogP contribution >= 0.6 is 11.6 Å². The van der Waals surface area contributed by atoms with E-state index in [1.807, 2.05) is 13.8 Å². The summed E-state index contributed by atoms with van der Waals surface area (Å²) in [5, 5.41) is 0.600. The lowest BCUT2D eigenvalue weighted by atomic mass is 9.81. The van der Waals surface area contributed by atoms with Crippen LogP contribution in [0.15, 0.2) is 12.1 Å². The molecule has 1 aromatic rings. The molecule has 2 atom stereocenters. The second-order valence-electron chi connectivity index (χ2n) is 5.82. The Balaban J connectivity index is 2.04. The van der Waals surface area contributed by atoms with E-state index in [4.69, 9.17) is 21.1 Å². The summed E-state index contributed by atoms with van der Waals surface area (Å²) in [5.41, 5.74) is 1.31. The van der Waals surface area contributed by atoms with Gasteiger partial charge in [-0.1, -0.05) is 11.6 Å². The van der Waals surface area contributed by atoms with Crippen molar-refractivity contribution in [2.24, 2.45) is 0 Å². The molecule has 2 heterocycles. The van der Waals surface area contributed by atoms with Gasteiger partial charge in [-0.25, -0.2) is 0 Å². The van der Waals surface area contributed by atoms with Crippen molar-refractivity contribution in [1.29, 1.82) is 0 Å². The van der Waals surface area contributed by atoms with Crippen molar-refractivity contribution in [3.8, 4) is 0 Å². The predicted molar refractivity (Wildman–Crippen MR) is 77.6 cm³/mol. The van der Waals surface area contributed by atoms with Crippen molar-refractivity contribution in [3.05, 3.63) is 33.8 Å². The zero-order chi connectivity index (χ0) is 15.2. The molecule has 1 aromatic carbocycles. The van der Waals surface area contributed by atoms with Gasteiger partial charge in [-0.05, 0) is 55.5 Å². The number of carbonyl (C=O) groups is 2. The number of rotatable bonds is 1. The average Bonchev–Trinajstić information content (AvgIpc) is 2.63. The van der Waals surface area contributed by atoms with Gasteiger partial charge < -0.3 is 9.47 Å². The molecule has 0 saturated carbocycles. The van der Waals surface area contributed by atoms with Gasteiger partial charge in [0.1, 0.15) is 5.92 Å². The Morgan fingerprint density at radius 1 is 1.24 bits per heavy atom. The Kier molecular flexibility index (Phi) is 3.54. The summed E-state index contributed by atoms with van der Waals surface area (Å²) in [4.78, 5) is 25.1. The molecule has 0 bridgehead atoms. The Bertz CT molecular complexity index is 594. The second-order valence-corrected chi connectivity index (χ2v) is 6.26. The van der Waals surface area contributed by atoms with Crippen LogP contribution in [-0.4, -0.2) is 30.6 Å². The van der Waals surface area contributed by atoms with Crippen LogP contribution in [0.1, 0.15) is 35.4 Å². The molecule has 0 aromatic heterocycles. The van der Waals surface area contributed by atoms with Gasteiger partial charge in [0.15, 0.2) is 11.4 Å². The first kappa shape index (κ1) is 14.5. The van der Waals surface area contributed by atoms with E-state index in [0.717, 1.165) is 23.1 Å². The Morgan fingerprint density at radius 2 is 1.90 bits per heavy atom. The van der Waals surface area contributed by atoms with Crippen molar-refractivity contribution in [2.75, 3.05) is 13.2 Å². The zero-order valence-electron chi connectivity index (χ0n) is 12.1. The minimum absolute atomic E-state index is 0.166. The molecule has 2 saturated heterocycles. The molecule has 5 heteroatoms. The minimum atomic E-state index is -1.08. The van der Waals surface area contributed by atoms with Gasteiger partial charge in [0.05, 0.1) is 6.61 Å². The van der Waals surface area contributed by atoms with Crippen LogP contribution in [0.2, 0.25) is 5.02 Å². The first-order valence-electron chi connectivity index (χ1n) is 7.06. The van der Waals surface area contributed by atoms with Gasteiger partial charge in [-0.15, -0.1) is 0 Å². The van der Waals surface area contributed by atoms with Gasteiger partial charge in [0.25, 0.3) is 0 Å². The molecule has 0 radical (unpaired) electrons. The van der Waals surface area contributed by atoms with Gasteiger partial charge in [-0.2, -0.15) is 0 Å². The number of hydrogen-bond donors (Lipinski definition) is 0. The lowest BCUT2D eigenvalue weighted by molar-refractivity contribution is -0.164. The van der Waals surface area contributed by atoms with E-state index in [0.29, 0.717) is 18.1 Å². The number of ether oxygens (including phenoxy) is 2. The van der Waals surface area contributed by atoms with Gasteiger partial charge in [0, 0.05) is 11.6 Å². The molecular weight excluding hydrogens is 292 g/mol. The third-order valence-corrected chi connectivity index (χ3v) is 4.51. The van der Waals surface area contributed by atoms with E-state index in [1.54, 1.807) is 12.1 Å². The van der Waals surface area contributed by atoms with Crippen molar-refractivity contribution in [3.63, 3.8) is 0 Å². The van der Waals surface area contributed by atoms with E-state index >= 15 is 0 Å². The van der Waals surface area contributed by atoms with Crippen LogP contribution in [0.3, 0.4) is 0 Å². The summed E-state index contributed by atoms with van der Waals surface area (Å²) in [7, 11) is 0. The lowest BCUT2D eigenvalue weighted by Gasteiger charge is -2.29. The maximum Gasteiger partial charge on any atom is 0.322 e. The highest BCUT2D eigenvalue weighted by atomic mass is 35.5. The van der Waals surface area contributed by atoms with Crippen molar-refractivity contribution < 1.29 is 19.1 Å². The summed E-state index contributed by atoms with van der Waals surface area (Å²) < 4.78 is 10.8. The number of esters is 1. The van der Waals surface area contributed by atoms with Gasteiger partial charge in [-0.3, -0.25) is 9.59 Å². The fourth-order valence-electron chi connectivity index (χ4n) is 3.34. The van der Waals surface area contributed by atoms with E-state index in [-0.39, 0.29) is 12.4 Å². The first-order valence-corrected chi connectivity index (χ1v) is 7.44. The highest BCUT2D eigenvalue weighted by Gasteiger charge is 2.57. The Morgan fingerprint density at radius 3 is 2.48 bits per heavy atom. The first-order chi connectivity index (χ1) is 9.94. The van der Waals surface area contributed by atoms with E-state index in [1.165, 1.54) is 0 Å². The van der Waals surface area contributed by atoms with E-state index in [9.17, 15) is 9.59 Å². The SMILES string of the molecule is Cc1cc(Cl)cc(C)c1C1C(=O)OC2(CCCOC2)C1=O. The molecular formula is C16H17ClO4. The Labute approximate surface area is 128 Å². The van der Waals surface area contributed by atoms with Gasteiger partial charge >= 0.3 is 5.97 Å². The molecule has 0 amide bonds.